The minimum Gasteiger partial charge on any atom is -0.375 e. The second-order valence-corrected chi connectivity index (χ2v) is 7.58. The van der Waals surface area contributed by atoms with Crippen LogP contribution in [0.25, 0.3) is 0 Å². The van der Waals surface area contributed by atoms with Crippen LogP contribution in [0.3, 0.4) is 0 Å². The number of halogens is 1. The van der Waals surface area contributed by atoms with E-state index in [4.69, 9.17) is 0 Å². The van der Waals surface area contributed by atoms with E-state index >= 15 is 0 Å². The minimum atomic E-state index is -3.39. The average Bonchev–Trinajstić information content (AvgIpc) is 2.46. The van der Waals surface area contributed by atoms with Gasteiger partial charge >= 0.3 is 0 Å². The molecular formula is C15H15BrN2O3S. The normalized spacial score (nSPS) is 11.0. The molecule has 0 fully saturated rings. The van der Waals surface area contributed by atoms with Crippen molar-refractivity contribution >= 4 is 43.0 Å². The van der Waals surface area contributed by atoms with Crippen molar-refractivity contribution in [2.24, 2.45) is 0 Å². The Morgan fingerprint density at radius 2 is 1.82 bits per heavy atom. The first-order chi connectivity index (χ1) is 10.4. The van der Waals surface area contributed by atoms with Crippen LogP contribution in [0.2, 0.25) is 0 Å². The quantitative estimate of drug-likeness (QED) is 0.833. The lowest BCUT2D eigenvalue weighted by Gasteiger charge is -2.11. The lowest BCUT2D eigenvalue weighted by molar-refractivity contribution is -0.114. The van der Waals surface area contributed by atoms with Crippen molar-refractivity contribution in [1.29, 1.82) is 0 Å². The smallest absolute Gasteiger partial charge is 0.243 e. The lowest BCUT2D eigenvalue weighted by atomic mass is 10.3. The van der Waals surface area contributed by atoms with E-state index in [1.165, 1.54) is 6.07 Å². The topological polar surface area (TPSA) is 75.3 Å². The molecule has 22 heavy (non-hydrogen) atoms. The van der Waals surface area contributed by atoms with Gasteiger partial charge in [-0.3, -0.25) is 4.79 Å². The molecule has 2 aromatic carbocycles. The number of hydrogen-bond acceptors (Lipinski definition) is 4. The van der Waals surface area contributed by atoms with Crippen LogP contribution in [-0.4, -0.2) is 27.1 Å². The Morgan fingerprint density at radius 3 is 2.45 bits per heavy atom. The van der Waals surface area contributed by atoms with Crippen LogP contribution in [0.15, 0.2) is 57.9 Å². The number of sulfone groups is 1. The minimum absolute atomic E-state index is 0.0287. The molecule has 0 aliphatic carbocycles. The van der Waals surface area contributed by atoms with Gasteiger partial charge < -0.3 is 10.6 Å². The van der Waals surface area contributed by atoms with Gasteiger partial charge in [-0.1, -0.05) is 34.1 Å². The second kappa shape index (κ2) is 6.93. The molecule has 116 valence electrons. The van der Waals surface area contributed by atoms with Gasteiger partial charge in [0, 0.05) is 16.4 Å². The fourth-order valence-electron chi connectivity index (χ4n) is 1.85. The monoisotopic (exact) mass is 382 g/mol. The Morgan fingerprint density at radius 1 is 1.14 bits per heavy atom. The molecule has 0 saturated heterocycles. The molecule has 0 heterocycles. The number of carbonyl (C=O) groups excluding carboxylic acids is 1. The summed E-state index contributed by atoms with van der Waals surface area (Å²) in [5.74, 6) is -0.256. The molecule has 0 radical (unpaired) electrons. The van der Waals surface area contributed by atoms with E-state index in [0.717, 1.165) is 6.26 Å². The van der Waals surface area contributed by atoms with Gasteiger partial charge in [0.05, 0.1) is 17.1 Å². The van der Waals surface area contributed by atoms with Crippen molar-refractivity contribution < 1.29 is 13.2 Å². The van der Waals surface area contributed by atoms with E-state index in [9.17, 15) is 13.2 Å². The number of rotatable bonds is 5. The van der Waals surface area contributed by atoms with Gasteiger partial charge in [0.25, 0.3) is 0 Å². The fraction of sp³-hybridized carbons (Fsp3) is 0.133. The average molecular weight is 383 g/mol. The van der Waals surface area contributed by atoms with Crippen molar-refractivity contribution in [3.8, 4) is 0 Å². The Balaban J connectivity index is 2.07. The molecule has 0 bridgehead atoms. The molecule has 5 nitrogen and oxygen atoms in total. The molecule has 0 aliphatic rings. The van der Waals surface area contributed by atoms with Crippen molar-refractivity contribution in [1.82, 2.24) is 0 Å². The molecule has 0 aliphatic heterocycles. The third kappa shape index (κ3) is 4.57. The second-order valence-electron chi connectivity index (χ2n) is 4.68. The summed E-state index contributed by atoms with van der Waals surface area (Å²) >= 11 is 3.24. The van der Waals surface area contributed by atoms with Crippen molar-refractivity contribution in [2.45, 2.75) is 4.90 Å². The molecule has 0 saturated carbocycles. The van der Waals surface area contributed by atoms with Gasteiger partial charge in [-0.25, -0.2) is 8.42 Å². The number of nitrogens with one attached hydrogen (secondary N) is 2. The molecular weight excluding hydrogens is 368 g/mol. The summed E-state index contributed by atoms with van der Waals surface area (Å²) in [5.41, 5.74) is 1.09. The van der Waals surface area contributed by atoms with Crippen molar-refractivity contribution in [3.63, 3.8) is 0 Å². The van der Waals surface area contributed by atoms with E-state index < -0.39 is 9.84 Å². The Hall–Kier alpha value is -1.86. The highest BCUT2D eigenvalue weighted by atomic mass is 79.9. The van der Waals surface area contributed by atoms with Gasteiger partial charge in [-0.15, -0.1) is 0 Å². The number of anilines is 2. The van der Waals surface area contributed by atoms with Crippen LogP contribution in [0, 0.1) is 0 Å². The van der Waals surface area contributed by atoms with E-state index in [2.05, 4.69) is 26.6 Å². The van der Waals surface area contributed by atoms with Crippen molar-refractivity contribution in [2.75, 3.05) is 23.4 Å². The summed E-state index contributed by atoms with van der Waals surface area (Å²) in [4.78, 5) is 12.0. The summed E-state index contributed by atoms with van der Waals surface area (Å²) in [7, 11) is -3.39. The van der Waals surface area contributed by atoms with Crippen LogP contribution in [0.1, 0.15) is 0 Å². The molecule has 0 atom stereocenters. The Labute approximate surface area is 137 Å². The van der Waals surface area contributed by atoms with Crippen LogP contribution in [0.5, 0.6) is 0 Å². The summed E-state index contributed by atoms with van der Waals surface area (Å²) in [6, 6.07) is 13.9. The first kappa shape index (κ1) is 16.5. The Kier molecular flexibility index (Phi) is 5.20. The maximum Gasteiger partial charge on any atom is 0.243 e. The number of carbonyl (C=O) groups is 1. The van der Waals surface area contributed by atoms with Crippen LogP contribution >= 0.6 is 15.9 Å². The molecule has 7 heteroatoms. The third-order valence-corrected chi connectivity index (χ3v) is 4.47. The molecule has 2 N–H and O–H groups in total. The molecule has 0 spiro atoms. The zero-order chi connectivity index (χ0) is 16.2. The van der Waals surface area contributed by atoms with E-state index in [-0.39, 0.29) is 17.3 Å². The number of amides is 1. The summed E-state index contributed by atoms with van der Waals surface area (Å²) in [5, 5.41) is 5.58. The highest BCUT2D eigenvalue weighted by Crippen LogP contribution is 2.25. The summed E-state index contributed by atoms with van der Waals surface area (Å²) in [6.45, 7) is -0.0287. The Bertz CT molecular complexity index is 777. The molecule has 0 aromatic heterocycles. The predicted octanol–water partition coefficient (Wildman–Crippen LogP) is 2.90. The lowest BCUT2D eigenvalue weighted by Crippen LogP contribution is -2.22. The van der Waals surface area contributed by atoms with Gasteiger partial charge in [-0.2, -0.15) is 0 Å². The van der Waals surface area contributed by atoms with Gasteiger partial charge in [0.2, 0.25) is 5.91 Å². The predicted molar refractivity (Wildman–Crippen MR) is 90.8 cm³/mol. The van der Waals surface area contributed by atoms with Crippen LogP contribution in [-0.2, 0) is 14.6 Å². The number of benzene rings is 2. The third-order valence-electron chi connectivity index (χ3n) is 2.84. The van der Waals surface area contributed by atoms with E-state index in [0.29, 0.717) is 15.8 Å². The zero-order valence-electron chi connectivity index (χ0n) is 11.8. The number of hydrogen-bond donors (Lipinski definition) is 2. The standard InChI is InChI=1S/C15H15BrN2O3S/c1-22(20,21)14-9-11(16)7-8-13(14)17-10-15(19)18-12-5-3-2-4-6-12/h2-9,17H,10H2,1H3,(H,18,19). The highest BCUT2D eigenvalue weighted by Gasteiger charge is 2.14. The fourth-order valence-corrected chi connectivity index (χ4v) is 3.24. The first-order valence-electron chi connectivity index (χ1n) is 6.44. The summed E-state index contributed by atoms with van der Waals surface area (Å²) in [6.07, 6.45) is 1.13. The van der Waals surface area contributed by atoms with Gasteiger partial charge in [0.1, 0.15) is 0 Å². The van der Waals surface area contributed by atoms with Gasteiger partial charge in [0.15, 0.2) is 9.84 Å². The van der Waals surface area contributed by atoms with Crippen LogP contribution < -0.4 is 10.6 Å². The molecule has 2 rings (SSSR count). The highest BCUT2D eigenvalue weighted by molar-refractivity contribution is 9.10. The van der Waals surface area contributed by atoms with Gasteiger partial charge in [-0.05, 0) is 30.3 Å². The molecule has 0 unspecified atom stereocenters. The van der Waals surface area contributed by atoms with E-state index in [1.807, 2.05) is 18.2 Å². The molecule has 1 amide bonds. The maximum atomic E-state index is 11.9. The SMILES string of the molecule is CS(=O)(=O)c1cc(Br)ccc1NCC(=O)Nc1ccccc1. The maximum absolute atomic E-state index is 11.9. The summed E-state index contributed by atoms with van der Waals surface area (Å²) < 4.78 is 24.2. The number of para-hydroxylation sites is 1. The largest absolute Gasteiger partial charge is 0.375 e. The first-order valence-corrected chi connectivity index (χ1v) is 9.13. The zero-order valence-corrected chi connectivity index (χ0v) is 14.2. The van der Waals surface area contributed by atoms with Crippen LogP contribution in [0.4, 0.5) is 11.4 Å². The van der Waals surface area contributed by atoms with E-state index in [1.54, 1.807) is 24.3 Å². The molecule has 2 aromatic rings. The van der Waals surface area contributed by atoms with Crippen molar-refractivity contribution in [3.05, 3.63) is 53.0 Å².